The number of benzene rings is 1. The van der Waals surface area contributed by atoms with Crippen LogP contribution in [0.5, 0.6) is 0 Å². The summed E-state index contributed by atoms with van der Waals surface area (Å²) in [6.45, 7) is 6.78. The monoisotopic (exact) mass is 282 g/mol. The van der Waals surface area contributed by atoms with E-state index in [1.54, 1.807) is 0 Å². The fraction of sp³-hybridized carbons (Fsp3) is 0.600. The molecule has 0 spiro atoms. The molecule has 0 heterocycles. The molecule has 1 aromatic carbocycles. The highest BCUT2D eigenvalue weighted by Gasteiger charge is 2.13. The number of alkyl halides is 1. The average molecular weight is 283 g/mol. The van der Waals surface area contributed by atoms with Gasteiger partial charge in [0.05, 0.1) is 0 Å². The quantitative estimate of drug-likeness (QED) is 0.604. The first-order valence-electron chi connectivity index (χ1n) is 6.41. The number of hydrogen-bond donors (Lipinski definition) is 0. The van der Waals surface area contributed by atoms with Crippen molar-refractivity contribution in [1.82, 2.24) is 0 Å². The molecular weight excluding hydrogens is 260 g/mol. The van der Waals surface area contributed by atoms with Gasteiger partial charge in [-0.15, -0.1) is 0 Å². The molecule has 1 aromatic rings. The highest BCUT2D eigenvalue weighted by molar-refractivity contribution is 9.09. The van der Waals surface area contributed by atoms with E-state index in [-0.39, 0.29) is 0 Å². The van der Waals surface area contributed by atoms with E-state index in [9.17, 15) is 0 Å². The SMILES string of the molecule is CCCCc1ccc(C(Br)C(C)CC)cc1. The molecule has 1 heteroatoms. The lowest BCUT2D eigenvalue weighted by atomic mass is 9.97. The maximum atomic E-state index is 3.79. The van der Waals surface area contributed by atoms with Crippen LogP contribution in [0.25, 0.3) is 0 Å². The molecule has 2 atom stereocenters. The fourth-order valence-electron chi connectivity index (χ4n) is 1.78. The molecule has 0 aliphatic rings. The van der Waals surface area contributed by atoms with E-state index in [4.69, 9.17) is 0 Å². The van der Waals surface area contributed by atoms with Gasteiger partial charge in [0.25, 0.3) is 0 Å². The van der Waals surface area contributed by atoms with Gasteiger partial charge in [0.2, 0.25) is 0 Å². The molecule has 0 aliphatic heterocycles. The van der Waals surface area contributed by atoms with Crippen LogP contribution in [0, 0.1) is 5.92 Å². The molecule has 0 bridgehead atoms. The summed E-state index contributed by atoms with van der Waals surface area (Å²) in [5.74, 6) is 0.696. The summed E-state index contributed by atoms with van der Waals surface area (Å²) in [6, 6.07) is 9.11. The van der Waals surface area contributed by atoms with Gasteiger partial charge in [-0.1, -0.05) is 73.8 Å². The van der Waals surface area contributed by atoms with Gasteiger partial charge in [0, 0.05) is 4.83 Å². The minimum absolute atomic E-state index is 0.498. The van der Waals surface area contributed by atoms with Gasteiger partial charge in [-0.25, -0.2) is 0 Å². The number of aryl methyl sites for hydroxylation is 1. The number of rotatable bonds is 6. The molecule has 0 saturated carbocycles. The van der Waals surface area contributed by atoms with Crippen molar-refractivity contribution >= 4 is 15.9 Å². The highest BCUT2D eigenvalue weighted by Crippen LogP contribution is 2.32. The summed E-state index contributed by atoms with van der Waals surface area (Å²) in [4.78, 5) is 0.498. The van der Waals surface area contributed by atoms with Crippen LogP contribution < -0.4 is 0 Å². The minimum atomic E-state index is 0.498. The van der Waals surface area contributed by atoms with E-state index >= 15 is 0 Å². The molecule has 0 aromatic heterocycles. The molecule has 0 radical (unpaired) electrons. The Balaban J connectivity index is 2.63. The van der Waals surface area contributed by atoms with Crippen LogP contribution in [0.1, 0.15) is 56.0 Å². The molecule has 0 aliphatic carbocycles. The topological polar surface area (TPSA) is 0 Å². The zero-order chi connectivity index (χ0) is 12.0. The van der Waals surface area contributed by atoms with Crippen LogP contribution in [0.2, 0.25) is 0 Å². The fourth-order valence-corrected chi connectivity index (χ4v) is 2.46. The molecule has 90 valence electrons. The van der Waals surface area contributed by atoms with E-state index < -0.39 is 0 Å². The first kappa shape index (κ1) is 13.8. The normalized spacial score (nSPS) is 14.8. The van der Waals surface area contributed by atoms with Crippen molar-refractivity contribution in [3.05, 3.63) is 35.4 Å². The van der Waals surface area contributed by atoms with Gasteiger partial charge in [0.1, 0.15) is 0 Å². The molecule has 0 N–H and O–H groups in total. The Bertz CT molecular complexity index is 289. The predicted octanol–water partition coefficient (Wildman–Crippen LogP) is 5.51. The highest BCUT2D eigenvalue weighted by atomic mass is 79.9. The van der Waals surface area contributed by atoms with E-state index in [0.717, 1.165) is 0 Å². The Hall–Kier alpha value is -0.300. The molecule has 0 saturated heterocycles. The van der Waals surface area contributed by atoms with Crippen molar-refractivity contribution in [2.75, 3.05) is 0 Å². The van der Waals surface area contributed by atoms with Gasteiger partial charge in [-0.3, -0.25) is 0 Å². The molecule has 16 heavy (non-hydrogen) atoms. The van der Waals surface area contributed by atoms with Crippen molar-refractivity contribution in [2.24, 2.45) is 5.92 Å². The first-order valence-corrected chi connectivity index (χ1v) is 7.33. The Morgan fingerprint density at radius 1 is 1.12 bits per heavy atom. The summed E-state index contributed by atoms with van der Waals surface area (Å²) >= 11 is 3.79. The maximum absolute atomic E-state index is 3.79. The maximum Gasteiger partial charge on any atom is 0.0420 e. The summed E-state index contributed by atoms with van der Waals surface area (Å²) in [5.41, 5.74) is 2.88. The van der Waals surface area contributed by atoms with Gasteiger partial charge >= 0.3 is 0 Å². The number of hydrogen-bond acceptors (Lipinski definition) is 0. The smallest absolute Gasteiger partial charge is 0.0420 e. The van der Waals surface area contributed by atoms with Crippen molar-refractivity contribution in [3.8, 4) is 0 Å². The second-order valence-corrected chi connectivity index (χ2v) is 5.62. The lowest BCUT2D eigenvalue weighted by molar-refractivity contribution is 0.555. The summed E-state index contributed by atoms with van der Waals surface area (Å²) < 4.78 is 0. The Labute approximate surface area is 109 Å². The molecule has 0 fully saturated rings. The molecule has 0 amide bonds. The standard InChI is InChI=1S/C15H23Br/c1-4-6-7-13-8-10-14(11-9-13)15(16)12(3)5-2/h8-12,15H,4-7H2,1-3H3. The molecule has 2 unspecified atom stereocenters. The van der Waals surface area contributed by atoms with Crippen LogP contribution in [-0.2, 0) is 6.42 Å². The second kappa shape index (κ2) is 7.11. The van der Waals surface area contributed by atoms with Crippen LogP contribution in [0.15, 0.2) is 24.3 Å². The Morgan fingerprint density at radius 3 is 2.25 bits per heavy atom. The first-order chi connectivity index (χ1) is 7.69. The van der Waals surface area contributed by atoms with Crippen molar-refractivity contribution < 1.29 is 0 Å². The third-order valence-electron chi connectivity index (χ3n) is 3.26. The lowest BCUT2D eigenvalue weighted by Crippen LogP contribution is -2.02. The predicted molar refractivity (Wildman–Crippen MR) is 76.2 cm³/mol. The largest absolute Gasteiger partial charge is 0.0836 e. The van der Waals surface area contributed by atoms with Gasteiger partial charge in [0.15, 0.2) is 0 Å². The zero-order valence-electron chi connectivity index (χ0n) is 10.7. The minimum Gasteiger partial charge on any atom is -0.0836 e. The van der Waals surface area contributed by atoms with E-state index in [0.29, 0.717) is 10.7 Å². The van der Waals surface area contributed by atoms with Crippen LogP contribution in [-0.4, -0.2) is 0 Å². The molecule has 1 rings (SSSR count). The van der Waals surface area contributed by atoms with E-state index in [2.05, 4.69) is 61.0 Å². The van der Waals surface area contributed by atoms with Crippen LogP contribution >= 0.6 is 15.9 Å². The van der Waals surface area contributed by atoms with Gasteiger partial charge in [-0.05, 0) is 29.9 Å². The zero-order valence-corrected chi connectivity index (χ0v) is 12.3. The van der Waals surface area contributed by atoms with Gasteiger partial charge in [-0.2, -0.15) is 0 Å². The third kappa shape index (κ3) is 3.93. The molecular formula is C15H23Br. The Kier molecular flexibility index (Phi) is 6.12. The van der Waals surface area contributed by atoms with Crippen LogP contribution in [0.4, 0.5) is 0 Å². The Morgan fingerprint density at radius 2 is 1.75 bits per heavy atom. The van der Waals surface area contributed by atoms with Gasteiger partial charge < -0.3 is 0 Å². The van der Waals surface area contributed by atoms with Crippen LogP contribution in [0.3, 0.4) is 0 Å². The molecule has 0 nitrogen and oxygen atoms in total. The summed E-state index contributed by atoms with van der Waals surface area (Å²) in [5, 5.41) is 0. The average Bonchev–Trinajstić information content (AvgIpc) is 2.35. The van der Waals surface area contributed by atoms with Crippen molar-refractivity contribution in [1.29, 1.82) is 0 Å². The van der Waals surface area contributed by atoms with Crippen molar-refractivity contribution in [3.63, 3.8) is 0 Å². The number of halogens is 1. The summed E-state index contributed by atoms with van der Waals surface area (Å²) in [6.07, 6.45) is 5.00. The summed E-state index contributed by atoms with van der Waals surface area (Å²) in [7, 11) is 0. The van der Waals surface area contributed by atoms with Crippen molar-refractivity contribution in [2.45, 2.75) is 51.3 Å². The lowest BCUT2D eigenvalue weighted by Gasteiger charge is -2.17. The second-order valence-electron chi connectivity index (χ2n) is 4.63. The van der Waals surface area contributed by atoms with E-state index in [1.165, 1.54) is 36.8 Å². The number of unbranched alkanes of at least 4 members (excludes halogenated alkanes) is 1. The third-order valence-corrected chi connectivity index (χ3v) is 4.69. The van der Waals surface area contributed by atoms with E-state index in [1.807, 2.05) is 0 Å².